The van der Waals surface area contributed by atoms with Crippen molar-refractivity contribution >= 4 is 51.6 Å². The maximum atomic E-state index is 12.8. The molecule has 1 amide bonds. The Balaban J connectivity index is 1.42. The van der Waals surface area contributed by atoms with E-state index in [0.29, 0.717) is 37.9 Å². The van der Waals surface area contributed by atoms with Gasteiger partial charge in [-0.15, -0.1) is 21.5 Å². The summed E-state index contributed by atoms with van der Waals surface area (Å²) in [6.07, 6.45) is -0.407. The predicted octanol–water partition coefficient (Wildman–Crippen LogP) is 5.85. The number of halogens is 1. The number of nitrogens with one attached hydrogen (secondary N) is 1. The monoisotopic (exact) mass is 542 g/mol. The maximum absolute atomic E-state index is 12.8. The number of esters is 1. The first-order valence-electron chi connectivity index (χ1n) is 10.9. The molecule has 0 spiro atoms. The number of carbonyl (C=O) groups is 2. The van der Waals surface area contributed by atoms with E-state index in [-0.39, 0.29) is 11.7 Å². The molecule has 1 N–H and O–H groups in total. The average molecular weight is 543 g/mol. The quantitative estimate of drug-likeness (QED) is 0.209. The molecule has 0 bridgehead atoms. The van der Waals surface area contributed by atoms with Crippen molar-refractivity contribution in [2.45, 2.75) is 18.2 Å². The van der Waals surface area contributed by atoms with Crippen LogP contribution in [-0.2, 0) is 16.6 Å². The average Bonchev–Trinajstić information content (AvgIpc) is 3.47. The SMILES string of the molecule is COC(=O)c1c(-c2ccccc2)csc1NC(=O)CSc1nnc(C(C)Oc2ccccc2Cl)n1C. The van der Waals surface area contributed by atoms with E-state index in [9.17, 15) is 9.59 Å². The van der Waals surface area contributed by atoms with E-state index < -0.39 is 12.1 Å². The maximum Gasteiger partial charge on any atom is 0.341 e. The molecule has 11 heteroatoms. The molecule has 0 aliphatic rings. The molecular formula is C25H23ClN4O4S2. The van der Waals surface area contributed by atoms with Crippen LogP contribution in [0.25, 0.3) is 11.1 Å². The summed E-state index contributed by atoms with van der Waals surface area (Å²) in [5.74, 6) is 0.428. The van der Waals surface area contributed by atoms with Crippen molar-refractivity contribution in [2.24, 2.45) is 7.05 Å². The number of thiophene rings is 1. The Labute approximate surface area is 221 Å². The number of rotatable bonds is 9. The Morgan fingerprint density at radius 3 is 2.58 bits per heavy atom. The Morgan fingerprint density at radius 2 is 1.86 bits per heavy atom. The minimum Gasteiger partial charge on any atom is -0.481 e. The summed E-state index contributed by atoms with van der Waals surface area (Å²) in [4.78, 5) is 25.3. The number of amides is 1. The number of thioether (sulfide) groups is 1. The van der Waals surface area contributed by atoms with Crippen LogP contribution < -0.4 is 10.1 Å². The molecular weight excluding hydrogens is 520 g/mol. The van der Waals surface area contributed by atoms with Gasteiger partial charge in [0.2, 0.25) is 5.91 Å². The first kappa shape index (κ1) is 25.7. The molecule has 8 nitrogen and oxygen atoms in total. The second-order valence-corrected chi connectivity index (χ2v) is 9.87. The smallest absolute Gasteiger partial charge is 0.341 e. The second-order valence-electron chi connectivity index (χ2n) is 7.64. The van der Waals surface area contributed by atoms with Crippen LogP contribution in [0.5, 0.6) is 5.75 Å². The van der Waals surface area contributed by atoms with Gasteiger partial charge in [0.25, 0.3) is 0 Å². The van der Waals surface area contributed by atoms with E-state index in [4.69, 9.17) is 21.1 Å². The highest BCUT2D eigenvalue weighted by atomic mass is 35.5. The predicted molar refractivity (Wildman–Crippen MR) is 142 cm³/mol. The molecule has 4 aromatic rings. The van der Waals surface area contributed by atoms with Crippen LogP contribution in [0.15, 0.2) is 65.1 Å². The fourth-order valence-corrected chi connectivity index (χ4v) is 5.34. The van der Waals surface area contributed by atoms with Gasteiger partial charge in [-0.05, 0) is 24.6 Å². The van der Waals surface area contributed by atoms with Crippen LogP contribution in [-0.4, -0.2) is 39.5 Å². The van der Waals surface area contributed by atoms with Gasteiger partial charge in [-0.1, -0.05) is 65.8 Å². The van der Waals surface area contributed by atoms with Crippen molar-refractivity contribution in [3.05, 3.63) is 76.4 Å². The number of carbonyl (C=O) groups excluding carboxylic acids is 2. The number of para-hydroxylation sites is 1. The van der Waals surface area contributed by atoms with E-state index in [1.165, 1.54) is 30.2 Å². The van der Waals surface area contributed by atoms with Gasteiger partial charge in [0.05, 0.1) is 17.9 Å². The Morgan fingerprint density at radius 1 is 1.14 bits per heavy atom. The Kier molecular flexibility index (Phi) is 8.29. The molecule has 0 saturated carbocycles. The van der Waals surface area contributed by atoms with Gasteiger partial charge in [0.1, 0.15) is 16.3 Å². The normalized spacial score (nSPS) is 11.7. The van der Waals surface area contributed by atoms with Crippen molar-refractivity contribution < 1.29 is 19.1 Å². The van der Waals surface area contributed by atoms with Gasteiger partial charge in [-0.2, -0.15) is 0 Å². The summed E-state index contributed by atoms with van der Waals surface area (Å²) in [5, 5.41) is 14.6. The lowest BCUT2D eigenvalue weighted by Crippen LogP contribution is -2.16. The number of anilines is 1. The van der Waals surface area contributed by atoms with E-state index in [1.807, 2.05) is 61.8 Å². The lowest BCUT2D eigenvalue weighted by atomic mass is 10.0. The van der Waals surface area contributed by atoms with Gasteiger partial charge < -0.3 is 19.4 Å². The van der Waals surface area contributed by atoms with E-state index in [1.54, 1.807) is 16.7 Å². The summed E-state index contributed by atoms with van der Waals surface area (Å²) in [6, 6.07) is 16.7. The molecule has 2 aromatic heterocycles. The summed E-state index contributed by atoms with van der Waals surface area (Å²) in [7, 11) is 3.13. The summed E-state index contributed by atoms with van der Waals surface area (Å²) < 4.78 is 12.7. The van der Waals surface area contributed by atoms with E-state index >= 15 is 0 Å². The number of ether oxygens (including phenoxy) is 2. The van der Waals surface area contributed by atoms with Gasteiger partial charge in [-0.25, -0.2) is 4.79 Å². The fraction of sp³-hybridized carbons (Fsp3) is 0.200. The molecule has 0 radical (unpaired) electrons. The molecule has 36 heavy (non-hydrogen) atoms. The third kappa shape index (κ3) is 5.72. The molecule has 0 fully saturated rings. The van der Waals surface area contributed by atoms with Crippen LogP contribution in [0, 0.1) is 0 Å². The highest BCUT2D eigenvalue weighted by Crippen LogP contribution is 2.36. The van der Waals surface area contributed by atoms with E-state index in [2.05, 4.69) is 15.5 Å². The summed E-state index contributed by atoms with van der Waals surface area (Å²) >= 11 is 8.69. The highest BCUT2D eigenvalue weighted by molar-refractivity contribution is 7.99. The molecule has 0 aliphatic heterocycles. The molecule has 1 atom stereocenters. The summed E-state index contributed by atoms with van der Waals surface area (Å²) in [6.45, 7) is 1.85. The first-order valence-corrected chi connectivity index (χ1v) is 13.1. The zero-order chi connectivity index (χ0) is 25.7. The zero-order valence-corrected chi connectivity index (χ0v) is 22.1. The van der Waals surface area contributed by atoms with Crippen LogP contribution in [0.4, 0.5) is 5.00 Å². The van der Waals surface area contributed by atoms with Gasteiger partial charge in [-0.3, -0.25) is 4.79 Å². The molecule has 186 valence electrons. The van der Waals surface area contributed by atoms with Gasteiger partial charge in [0, 0.05) is 18.0 Å². The third-order valence-electron chi connectivity index (χ3n) is 5.22. The lowest BCUT2D eigenvalue weighted by Gasteiger charge is -2.15. The molecule has 0 saturated heterocycles. The number of benzene rings is 2. The minimum atomic E-state index is -0.511. The molecule has 2 heterocycles. The van der Waals surface area contributed by atoms with Crippen LogP contribution in [0.1, 0.15) is 29.2 Å². The molecule has 4 rings (SSSR count). The minimum absolute atomic E-state index is 0.0743. The van der Waals surface area contributed by atoms with Crippen molar-refractivity contribution in [3.63, 3.8) is 0 Å². The number of hydrogen-bond acceptors (Lipinski definition) is 8. The van der Waals surface area contributed by atoms with Gasteiger partial charge >= 0.3 is 5.97 Å². The largest absolute Gasteiger partial charge is 0.481 e. The van der Waals surface area contributed by atoms with Crippen molar-refractivity contribution in [1.82, 2.24) is 14.8 Å². The van der Waals surface area contributed by atoms with Crippen molar-refractivity contribution in [2.75, 3.05) is 18.2 Å². The summed E-state index contributed by atoms with van der Waals surface area (Å²) in [5.41, 5.74) is 1.91. The Hall–Kier alpha value is -3.34. The zero-order valence-electron chi connectivity index (χ0n) is 19.7. The van der Waals surface area contributed by atoms with Crippen LogP contribution in [0.3, 0.4) is 0 Å². The van der Waals surface area contributed by atoms with Crippen molar-refractivity contribution in [3.8, 4) is 16.9 Å². The molecule has 2 aromatic carbocycles. The number of aromatic nitrogens is 3. The number of hydrogen-bond donors (Lipinski definition) is 1. The van der Waals surface area contributed by atoms with Crippen LogP contribution >= 0.6 is 34.7 Å². The topological polar surface area (TPSA) is 95.3 Å². The molecule has 0 aliphatic carbocycles. The number of methoxy groups -OCH3 is 1. The number of nitrogens with zero attached hydrogens (tertiary/aromatic N) is 3. The second kappa shape index (κ2) is 11.6. The third-order valence-corrected chi connectivity index (χ3v) is 7.45. The fourth-order valence-electron chi connectivity index (χ4n) is 3.47. The van der Waals surface area contributed by atoms with Gasteiger partial charge in [0.15, 0.2) is 17.1 Å². The van der Waals surface area contributed by atoms with Crippen molar-refractivity contribution in [1.29, 1.82) is 0 Å². The van der Waals surface area contributed by atoms with Crippen LogP contribution in [0.2, 0.25) is 5.02 Å². The highest BCUT2D eigenvalue weighted by Gasteiger charge is 2.23. The standard InChI is InChI=1S/C25H23ClN4O4S2/c1-15(34-19-12-8-7-11-18(19)26)22-28-29-25(30(22)2)36-14-20(31)27-23-21(24(32)33-3)17(13-35-23)16-9-5-4-6-10-16/h4-13,15H,14H2,1-3H3,(H,27,31). The van der Waals surface area contributed by atoms with E-state index in [0.717, 1.165) is 5.56 Å². The first-order chi connectivity index (χ1) is 17.4. The lowest BCUT2D eigenvalue weighted by molar-refractivity contribution is -0.113. The Bertz CT molecular complexity index is 1370. The molecule has 1 unspecified atom stereocenters.